The molecule has 0 atom stereocenters. The van der Waals surface area contributed by atoms with Gasteiger partial charge in [0, 0.05) is 42.1 Å². The number of aromatic nitrogens is 3. The second-order valence-corrected chi connectivity index (χ2v) is 7.99. The number of carbonyl (C=O) groups is 1. The van der Waals surface area contributed by atoms with Gasteiger partial charge in [-0.15, -0.1) is 11.6 Å². The van der Waals surface area contributed by atoms with E-state index >= 15 is 0 Å². The van der Waals surface area contributed by atoms with Crippen LogP contribution < -0.4 is 4.90 Å². The first-order chi connectivity index (χ1) is 14.7. The van der Waals surface area contributed by atoms with Crippen LogP contribution in [0.3, 0.4) is 0 Å². The van der Waals surface area contributed by atoms with Gasteiger partial charge < -0.3 is 4.90 Å². The molecule has 2 aromatic heterocycles. The molecule has 2 heterocycles. The van der Waals surface area contributed by atoms with Crippen molar-refractivity contribution in [1.82, 2.24) is 14.8 Å². The molecule has 0 radical (unpaired) electrons. The highest BCUT2D eigenvalue weighted by Gasteiger charge is 2.26. The average molecular weight is 518 g/mol. The summed E-state index contributed by atoms with van der Waals surface area (Å²) >= 11 is 17.4. The topological polar surface area (TPSA) is 51.0 Å². The fourth-order valence-electron chi connectivity index (χ4n) is 2.25. The number of pyridine rings is 1. The molecule has 0 saturated heterocycles. The Morgan fingerprint density at radius 2 is 2.10 bits per heavy atom. The maximum Gasteiger partial charge on any atom is 0.389 e. The lowest BCUT2D eigenvalue weighted by Crippen LogP contribution is -2.30. The second-order valence-electron chi connectivity index (χ2n) is 5.84. The molecule has 2 aromatic rings. The van der Waals surface area contributed by atoms with Gasteiger partial charge in [-0.25, -0.2) is 4.68 Å². The summed E-state index contributed by atoms with van der Waals surface area (Å²) in [5.74, 6) is 0.561. The van der Waals surface area contributed by atoms with E-state index in [4.69, 9.17) is 34.8 Å². The monoisotopic (exact) mass is 516 g/mol. The molecule has 0 bridgehead atoms. The Balaban J connectivity index is 0.000000861. The Kier molecular flexibility index (Phi) is 13.0. The molecule has 0 saturated carbocycles. The van der Waals surface area contributed by atoms with Crippen LogP contribution in [0.2, 0.25) is 5.15 Å². The van der Waals surface area contributed by atoms with Crippen LogP contribution in [0.1, 0.15) is 19.8 Å². The van der Waals surface area contributed by atoms with Gasteiger partial charge in [0.15, 0.2) is 5.15 Å². The Bertz CT molecular complexity index is 819. The van der Waals surface area contributed by atoms with Gasteiger partial charge in [-0.2, -0.15) is 30.0 Å². The van der Waals surface area contributed by atoms with Gasteiger partial charge in [0.1, 0.15) is 5.69 Å². The van der Waals surface area contributed by atoms with Gasteiger partial charge >= 0.3 is 6.18 Å². The SMILES string of the molecule is CCN(C(=O)CCSCCC(F)(F)F)c1cn(-c2cccnc2)nc1Cl.ClC=CCCl. The largest absolute Gasteiger partial charge is 0.389 e. The van der Waals surface area contributed by atoms with Crippen molar-refractivity contribution in [3.63, 3.8) is 0 Å². The Morgan fingerprint density at radius 1 is 1.35 bits per heavy atom. The minimum atomic E-state index is -4.17. The number of allylic oxidation sites excluding steroid dienone is 1. The summed E-state index contributed by atoms with van der Waals surface area (Å²) < 4.78 is 37.9. The molecule has 172 valence electrons. The van der Waals surface area contributed by atoms with E-state index in [1.54, 1.807) is 43.7 Å². The molecule has 12 heteroatoms. The van der Waals surface area contributed by atoms with E-state index in [1.807, 2.05) is 0 Å². The third-order valence-electron chi connectivity index (χ3n) is 3.64. The molecule has 5 nitrogen and oxygen atoms in total. The zero-order valence-electron chi connectivity index (χ0n) is 16.7. The zero-order chi connectivity index (χ0) is 23.3. The van der Waals surface area contributed by atoms with Crippen LogP contribution in [0.25, 0.3) is 5.69 Å². The van der Waals surface area contributed by atoms with Crippen molar-refractivity contribution >= 4 is 58.2 Å². The van der Waals surface area contributed by atoms with Crippen molar-refractivity contribution in [2.75, 3.05) is 28.8 Å². The number of carbonyl (C=O) groups excluding carboxylic acids is 1. The summed E-state index contributed by atoms with van der Waals surface area (Å²) in [7, 11) is 0. The first kappa shape index (κ1) is 27.6. The van der Waals surface area contributed by atoms with Gasteiger partial charge in [0.25, 0.3) is 0 Å². The quantitative estimate of drug-likeness (QED) is 0.288. The predicted octanol–water partition coefficient (Wildman–Crippen LogP) is 6.33. The van der Waals surface area contributed by atoms with Crippen molar-refractivity contribution in [1.29, 1.82) is 0 Å². The van der Waals surface area contributed by atoms with E-state index in [-0.39, 0.29) is 23.2 Å². The van der Waals surface area contributed by atoms with Crippen molar-refractivity contribution in [2.45, 2.75) is 25.9 Å². The number of anilines is 1. The summed E-state index contributed by atoms with van der Waals surface area (Å²) in [5, 5.41) is 4.36. The molecule has 0 aliphatic heterocycles. The van der Waals surface area contributed by atoms with Crippen molar-refractivity contribution < 1.29 is 18.0 Å². The fraction of sp³-hybridized carbons (Fsp3) is 0.421. The molecule has 0 aromatic carbocycles. The molecule has 31 heavy (non-hydrogen) atoms. The minimum absolute atomic E-state index is 0.0530. The average Bonchev–Trinajstić information content (AvgIpc) is 3.11. The number of amides is 1. The Morgan fingerprint density at radius 3 is 2.61 bits per heavy atom. The summed E-state index contributed by atoms with van der Waals surface area (Å²) in [6.45, 7) is 2.18. The van der Waals surface area contributed by atoms with E-state index in [9.17, 15) is 18.0 Å². The molecular weight excluding hydrogens is 496 g/mol. The number of hydrogen-bond acceptors (Lipinski definition) is 4. The Labute approximate surface area is 198 Å². The molecular formula is C19H22Cl3F3N4OS. The maximum atomic E-state index is 12.4. The van der Waals surface area contributed by atoms with E-state index in [1.165, 1.54) is 15.1 Å². The van der Waals surface area contributed by atoms with Gasteiger partial charge in [0.05, 0.1) is 24.5 Å². The van der Waals surface area contributed by atoms with Gasteiger partial charge in [-0.1, -0.05) is 29.3 Å². The zero-order valence-corrected chi connectivity index (χ0v) is 19.7. The van der Waals surface area contributed by atoms with Crippen molar-refractivity contribution in [2.24, 2.45) is 0 Å². The molecule has 0 unspecified atom stereocenters. The number of thioether (sulfide) groups is 1. The fourth-order valence-corrected chi connectivity index (χ4v) is 3.65. The molecule has 0 fully saturated rings. The van der Waals surface area contributed by atoms with Crippen LogP contribution in [-0.4, -0.2) is 50.8 Å². The standard InChI is InChI=1S/C16H18ClF3N4OS.C3H4Cl2/c1-2-23(14(25)5-8-26-9-6-16(18,19)20)13-11-24(22-15(13)17)12-4-3-7-21-10-12;4-2-1-3-5/h3-4,7,10-11H,2,5-6,8-9H2,1H3;1-2H,3H2. The highest BCUT2D eigenvalue weighted by molar-refractivity contribution is 7.99. The number of alkyl halides is 4. The molecule has 0 N–H and O–H groups in total. The molecule has 2 rings (SSSR count). The number of nitrogens with zero attached hydrogens (tertiary/aromatic N) is 4. The predicted molar refractivity (Wildman–Crippen MR) is 123 cm³/mol. The first-order valence-electron chi connectivity index (χ1n) is 9.15. The number of rotatable bonds is 9. The van der Waals surface area contributed by atoms with E-state index in [0.29, 0.717) is 29.6 Å². The molecule has 0 aliphatic carbocycles. The number of hydrogen-bond donors (Lipinski definition) is 0. The summed E-state index contributed by atoms with van der Waals surface area (Å²) in [4.78, 5) is 17.9. The third-order valence-corrected chi connectivity index (χ3v) is 5.25. The third kappa shape index (κ3) is 10.6. The van der Waals surface area contributed by atoms with Gasteiger partial charge in [-0.3, -0.25) is 9.78 Å². The van der Waals surface area contributed by atoms with E-state index < -0.39 is 12.6 Å². The minimum Gasteiger partial charge on any atom is -0.308 e. The first-order valence-corrected chi connectivity index (χ1v) is 11.7. The maximum absolute atomic E-state index is 12.4. The summed E-state index contributed by atoms with van der Waals surface area (Å²) in [5.41, 5.74) is 2.56. The van der Waals surface area contributed by atoms with Crippen LogP contribution >= 0.6 is 46.6 Å². The molecule has 0 spiro atoms. The lowest BCUT2D eigenvalue weighted by Gasteiger charge is -2.19. The smallest absolute Gasteiger partial charge is 0.308 e. The van der Waals surface area contributed by atoms with E-state index in [2.05, 4.69) is 10.1 Å². The summed E-state index contributed by atoms with van der Waals surface area (Å²) in [6.07, 6.45) is 1.65. The molecule has 1 amide bonds. The van der Waals surface area contributed by atoms with Gasteiger partial charge in [-0.05, 0) is 19.1 Å². The highest BCUT2D eigenvalue weighted by atomic mass is 35.5. The molecule has 0 aliphatic rings. The van der Waals surface area contributed by atoms with Crippen molar-refractivity contribution in [3.8, 4) is 5.69 Å². The lowest BCUT2D eigenvalue weighted by atomic mass is 10.3. The van der Waals surface area contributed by atoms with Crippen LogP contribution in [0.4, 0.5) is 18.9 Å². The van der Waals surface area contributed by atoms with Gasteiger partial charge in [0.2, 0.25) is 5.91 Å². The lowest BCUT2D eigenvalue weighted by molar-refractivity contribution is -0.129. The van der Waals surface area contributed by atoms with Crippen LogP contribution in [-0.2, 0) is 4.79 Å². The van der Waals surface area contributed by atoms with Crippen LogP contribution in [0.15, 0.2) is 42.3 Å². The van der Waals surface area contributed by atoms with Crippen LogP contribution in [0, 0.1) is 0 Å². The van der Waals surface area contributed by atoms with Crippen molar-refractivity contribution in [3.05, 3.63) is 47.5 Å². The normalized spacial score (nSPS) is 11.3. The second kappa shape index (κ2) is 14.6. The highest BCUT2D eigenvalue weighted by Crippen LogP contribution is 2.27. The Hall–Kier alpha value is -1.42. The summed E-state index contributed by atoms with van der Waals surface area (Å²) in [6, 6.07) is 3.56. The van der Waals surface area contributed by atoms with Crippen LogP contribution in [0.5, 0.6) is 0 Å². The number of halogens is 6. The van der Waals surface area contributed by atoms with E-state index in [0.717, 1.165) is 11.8 Å².